The quantitative estimate of drug-likeness (QED) is 0.639. The summed E-state index contributed by atoms with van der Waals surface area (Å²) in [4.78, 5) is 11.8. The number of halogens is 1. The molecule has 0 spiro atoms. The van der Waals surface area contributed by atoms with Crippen molar-refractivity contribution in [2.75, 3.05) is 12.3 Å². The van der Waals surface area contributed by atoms with Gasteiger partial charge in [0.25, 0.3) is 0 Å². The van der Waals surface area contributed by atoms with E-state index in [0.717, 1.165) is 0 Å². The summed E-state index contributed by atoms with van der Waals surface area (Å²) in [5, 5.41) is 18.8. The van der Waals surface area contributed by atoms with Crippen LogP contribution in [0.4, 0.5) is 10.2 Å². The number of hydrogen-bond donors (Lipinski definition) is 3. The van der Waals surface area contributed by atoms with Crippen LogP contribution in [0.2, 0.25) is 0 Å². The van der Waals surface area contributed by atoms with Crippen molar-refractivity contribution in [3.8, 4) is 0 Å². The van der Waals surface area contributed by atoms with Crippen LogP contribution in [0.5, 0.6) is 0 Å². The second-order valence-corrected chi connectivity index (χ2v) is 4.27. The zero-order chi connectivity index (χ0) is 13.6. The number of fused-ring (bicyclic) bond motifs is 1. The molecule has 0 radical (unpaired) electrons. The molecule has 1 saturated heterocycles. The van der Waals surface area contributed by atoms with Crippen molar-refractivity contribution in [2.45, 2.75) is 24.6 Å². The van der Waals surface area contributed by atoms with Crippen LogP contribution in [0, 0.1) is 0 Å². The Bertz CT molecular complexity index is 606. The van der Waals surface area contributed by atoms with Crippen molar-refractivity contribution in [3.63, 3.8) is 0 Å². The van der Waals surface area contributed by atoms with Gasteiger partial charge in [-0.3, -0.25) is 4.57 Å². The van der Waals surface area contributed by atoms with E-state index in [1.807, 2.05) is 0 Å². The first kappa shape index (κ1) is 12.2. The summed E-state index contributed by atoms with van der Waals surface area (Å²) in [7, 11) is 0. The monoisotopic (exact) mass is 269 g/mol. The topological polar surface area (TPSA) is 119 Å². The lowest BCUT2D eigenvalue weighted by atomic mass is 10.1. The van der Waals surface area contributed by atoms with Gasteiger partial charge in [0, 0.05) is 0 Å². The molecule has 0 aromatic carbocycles. The molecular formula is C10H12FN5O3. The highest BCUT2D eigenvalue weighted by molar-refractivity contribution is 5.81. The Balaban J connectivity index is 2.04. The highest BCUT2D eigenvalue weighted by Gasteiger charge is 2.45. The number of rotatable bonds is 2. The Morgan fingerprint density at radius 2 is 2.21 bits per heavy atom. The Morgan fingerprint density at radius 3 is 2.89 bits per heavy atom. The van der Waals surface area contributed by atoms with Gasteiger partial charge >= 0.3 is 0 Å². The molecule has 1 fully saturated rings. The maximum atomic E-state index is 13.7. The lowest BCUT2D eigenvalue weighted by molar-refractivity contribution is -0.0495. The number of aliphatic hydroxyl groups is 2. The highest BCUT2D eigenvalue weighted by atomic mass is 19.1. The van der Waals surface area contributed by atoms with Crippen molar-refractivity contribution in [3.05, 3.63) is 12.7 Å². The molecule has 0 amide bonds. The minimum absolute atomic E-state index is 0.187. The fourth-order valence-corrected chi connectivity index (χ4v) is 2.14. The Kier molecular flexibility index (Phi) is 2.81. The van der Waals surface area contributed by atoms with E-state index in [-0.39, 0.29) is 5.82 Å². The van der Waals surface area contributed by atoms with Crippen molar-refractivity contribution in [2.24, 2.45) is 0 Å². The van der Waals surface area contributed by atoms with E-state index < -0.39 is 31.2 Å². The van der Waals surface area contributed by atoms with Gasteiger partial charge in [0.05, 0.1) is 12.9 Å². The Hall–Kier alpha value is -1.84. The van der Waals surface area contributed by atoms with Crippen LogP contribution in [0.1, 0.15) is 6.23 Å². The van der Waals surface area contributed by atoms with E-state index in [9.17, 15) is 9.50 Å². The average Bonchev–Trinajstić information content (AvgIpc) is 2.94. The van der Waals surface area contributed by atoms with E-state index in [4.69, 9.17) is 15.6 Å². The maximum absolute atomic E-state index is 13.7. The minimum Gasteiger partial charge on any atom is -0.394 e. The fraction of sp³-hybridized carbons (Fsp3) is 0.500. The van der Waals surface area contributed by atoms with Gasteiger partial charge in [0.1, 0.15) is 24.1 Å². The Morgan fingerprint density at radius 1 is 1.42 bits per heavy atom. The molecular weight excluding hydrogens is 257 g/mol. The van der Waals surface area contributed by atoms with Crippen molar-refractivity contribution >= 4 is 17.0 Å². The molecule has 0 saturated carbocycles. The number of hydrogen-bond acceptors (Lipinski definition) is 7. The van der Waals surface area contributed by atoms with Gasteiger partial charge in [-0.2, -0.15) is 0 Å². The van der Waals surface area contributed by atoms with Gasteiger partial charge in [-0.1, -0.05) is 0 Å². The number of nitrogens with two attached hydrogens (primary N) is 1. The molecule has 8 nitrogen and oxygen atoms in total. The molecule has 0 aliphatic carbocycles. The lowest BCUT2D eigenvalue weighted by Gasteiger charge is -2.15. The first-order valence-electron chi connectivity index (χ1n) is 5.65. The summed E-state index contributed by atoms with van der Waals surface area (Å²) in [5.74, 6) is 0.187. The average molecular weight is 269 g/mol. The van der Waals surface area contributed by atoms with E-state index in [1.165, 1.54) is 17.2 Å². The molecule has 2 aromatic heterocycles. The molecule has 0 unspecified atom stereocenters. The van der Waals surface area contributed by atoms with Crippen molar-refractivity contribution in [1.82, 2.24) is 19.5 Å². The van der Waals surface area contributed by atoms with Gasteiger partial charge in [-0.05, 0) is 0 Å². The van der Waals surface area contributed by atoms with Crippen molar-refractivity contribution in [1.29, 1.82) is 0 Å². The second-order valence-electron chi connectivity index (χ2n) is 4.27. The zero-order valence-corrected chi connectivity index (χ0v) is 9.72. The molecule has 1 aliphatic heterocycles. The SMILES string of the molecule is Nc1ncnc2c1ncn2[C@H]1O[C@H](CO)[C@H](F)[C@@H]1O. The molecule has 102 valence electrons. The number of aromatic nitrogens is 4. The predicted octanol–water partition coefficient (Wildman–Crippen LogP) is -1.00. The zero-order valence-electron chi connectivity index (χ0n) is 9.72. The summed E-state index contributed by atoms with van der Waals surface area (Å²) in [6.45, 7) is -0.515. The minimum atomic E-state index is -1.67. The van der Waals surface area contributed by atoms with E-state index >= 15 is 0 Å². The molecule has 9 heteroatoms. The van der Waals surface area contributed by atoms with Crippen LogP contribution < -0.4 is 5.73 Å². The van der Waals surface area contributed by atoms with Crippen LogP contribution in [-0.4, -0.2) is 54.7 Å². The first-order chi connectivity index (χ1) is 9.13. The number of ether oxygens (including phenoxy) is 1. The normalized spacial score (nSPS) is 31.1. The number of nitrogen functional groups attached to an aromatic ring is 1. The van der Waals surface area contributed by atoms with Crippen LogP contribution >= 0.6 is 0 Å². The fourth-order valence-electron chi connectivity index (χ4n) is 2.14. The molecule has 3 rings (SSSR count). The molecule has 1 aliphatic rings. The van der Waals surface area contributed by atoms with Gasteiger partial charge in [-0.25, -0.2) is 19.3 Å². The van der Waals surface area contributed by atoms with E-state index in [2.05, 4.69) is 15.0 Å². The summed E-state index contributed by atoms with van der Waals surface area (Å²) in [6.07, 6.45) is -2.58. The maximum Gasteiger partial charge on any atom is 0.167 e. The van der Waals surface area contributed by atoms with Gasteiger partial charge in [0.2, 0.25) is 0 Å². The predicted molar refractivity (Wildman–Crippen MR) is 61.6 cm³/mol. The van der Waals surface area contributed by atoms with Crippen LogP contribution in [0.25, 0.3) is 11.2 Å². The van der Waals surface area contributed by atoms with Crippen LogP contribution in [0.3, 0.4) is 0 Å². The summed E-state index contributed by atoms with van der Waals surface area (Å²) >= 11 is 0. The second kappa shape index (κ2) is 4.37. The number of alkyl halides is 1. The largest absolute Gasteiger partial charge is 0.394 e. The third-order valence-electron chi connectivity index (χ3n) is 3.13. The summed E-state index contributed by atoms with van der Waals surface area (Å²) in [6, 6.07) is 0. The smallest absolute Gasteiger partial charge is 0.167 e. The van der Waals surface area contributed by atoms with E-state index in [0.29, 0.717) is 11.2 Å². The molecule has 0 bridgehead atoms. The number of imidazole rings is 1. The number of anilines is 1. The first-order valence-corrected chi connectivity index (χ1v) is 5.65. The molecule has 19 heavy (non-hydrogen) atoms. The standard InChI is InChI=1S/C10H12FN5O3/c11-5-4(1-17)19-10(7(5)18)16-3-15-6-8(12)13-2-14-9(6)16/h2-5,7,10,17-18H,1H2,(H2,12,13,14)/t4-,5+,7+,10+/m1/s1. The van der Waals surface area contributed by atoms with Crippen molar-refractivity contribution < 1.29 is 19.3 Å². The van der Waals surface area contributed by atoms with Gasteiger partial charge < -0.3 is 20.7 Å². The third-order valence-corrected chi connectivity index (χ3v) is 3.13. The molecule has 2 aromatic rings. The van der Waals surface area contributed by atoms with Crippen LogP contribution in [-0.2, 0) is 4.74 Å². The number of nitrogens with zero attached hydrogens (tertiary/aromatic N) is 4. The van der Waals surface area contributed by atoms with E-state index in [1.54, 1.807) is 0 Å². The van der Waals surface area contributed by atoms with Crippen LogP contribution in [0.15, 0.2) is 12.7 Å². The summed E-state index contributed by atoms with van der Waals surface area (Å²) < 4.78 is 20.3. The van der Waals surface area contributed by atoms with Gasteiger partial charge in [-0.15, -0.1) is 0 Å². The molecule has 3 heterocycles. The number of aliphatic hydroxyl groups excluding tert-OH is 2. The lowest BCUT2D eigenvalue weighted by Crippen LogP contribution is -2.29. The molecule has 4 N–H and O–H groups in total. The van der Waals surface area contributed by atoms with Gasteiger partial charge in [0.15, 0.2) is 23.9 Å². The highest BCUT2D eigenvalue weighted by Crippen LogP contribution is 2.33. The third kappa shape index (κ3) is 1.74. The molecule has 4 atom stereocenters. The summed E-state index contributed by atoms with van der Waals surface area (Å²) in [5.41, 5.74) is 6.32. The Labute approximate surface area is 106 Å².